The summed E-state index contributed by atoms with van der Waals surface area (Å²) < 4.78 is 3.12. The van der Waals surface area contributed by atoms with Gasteiger partial charge in [0.1, 0.15) is 4.83 Å². The second-order valence-electron chi connectivity index (χ2n) is 5.17. The molecule has 0 aliphatic rings. The highest BCUT2D eigenvalue weighted by Crippen LogP contribution is 2.23. The van der Waals surface area contributed by atoms with Crippen molar-refractivity contribution in [3.63, 3.8) is 0 Å². The van der Waals surface area contributed by atoms with Gasteiger partial charge in [0.15, 0.2) is 10.1 Å². The Morgan fingerprint density at radius 1 is 1.24 bits per heavy atom. The normalized spacial score (nSPS) is 11.4. The van der Waals surface area contributed by atoms with E-state index in [0.717, 1.165) is 4.83 Å². The Hall–Kier alpha value is -2.23. The molecule has 0 N–H and O–H groups in total. The lowest BCUT2D eigenvalue weighted by Gasteiger charge is -2.09. The maximum absolute atomic E-state index is 12.6. The summed E-state index contributed by atoms with van der Waals surface area (Å²) >= 11 is 4.25. The van der Waals surface area contributed by atoms with Gasteiger partial charge in [0.05, 0.1) is 11.1 Å². The van der Waals surface area contributed by atoms with Crippen LogP contribution in [0.3, 0.4) is 0 Å². The summed E-state index contributed by atoms with van der Waals surface area (Å²) in [4.78, 5) is 35.1. The molecule has 0 aliphatic heterocycles. The van der Waals surface area contributed by atoms with Crippen LogP contribution in [0.25, 0.3) is 15.2 Å². The fourth-order valence-corrected chi connectivity index (χ4v) is 4.88. The number of thiazole rings is 1. The van der Waals surface area contributed by atoms with Crippen molar-refractivity contribution in [1.82, 2.24) is 18.9 Å². The minimum atomic E-state index is -0.105. The van der Waals surface area contributed by atoms with Gasteiger partial charge in [-0.15, -0.1) is 29.3 Å². The summed E-state index contributed by atoms with van der Waals surface area (Å²) in [6.45, 7) is 4.10. The van der Waals surface area contributed by atoms with Crippen LogP contribution in [0.4, 0.5) is 0 Å². The minimum absolute atomic E-state index is 0.0737. The number of hydrogen-bond acceptors (Lipinski definition) is 7. The molecule has 4 aromatic heterocycles. The molecule has 0 unspecified atom stereocenters. The first-order valence-corrected chi connectivity index (χ1v) is 10.1. The lowest BCUT2D eigenvalue weighted by Crippen LogP contribution is -2.22. The van der Waals surface area contributed by atoms with Crippen LogP contribution in [-0.4, -0.2) is 18.9 Å². The number of thioether (sulfide) groups is 1. The van der Waals surface area contributed by atoms with Crippen molar-refractivity contribution in [3.05, 3.63) is 68.1 Å². The number of thiophene rings is 1. The molecule has 0 spiro atoms. The summed E-state index contributed by atoms with van der Waals surface area (Å²) in [5, 5.41) is 4.91. The average molecular weight is 388 g/mol. The Morgan fingerprint density at radius 2 is 2.12 bits per heavy atom. The van der Waals surface area contributed by atoms with Crippen molar-refractivity contribution in [1.29, 1.82) is 0 Å². The predicted octanol–water partition coefficient (Wildman–Crippen LogP) is 3.01. The molecule has 0 aliphatic carbocycles. The maximum Gasteiger partial charge on any atom is 0.263 e. The molecule has 0 fully saturated rings. The van der Waals surface area contributed by atoms with Gasteiger partial charge < -0.3 is 0 Å². The van der Waals surface area contributed by atoms with Crippen LogP contribution < -0.4 is 11.1 Å². The van der Waals surface area contributed by atoms with Gasteiger partial charge in [-0.25, -0.2) is 9.97 Å². The molecule has 0 bridgehead atoms. The zero-order valence-corrected chi connectivity index (χ0v) is 15.4. The van der Waals surface area contributed by atoms with Crippen molar-refractivity contribution < 1.29 is 0 Å². The van der Waals surface area contributed by atoms with E-state index in [0.29, 0.717) is 33.5 Å². The number of allylic oxidation sites excluding steroid dienone is 1. The van der Waals surface area contributed by atoms with Gasteiger partial charge in [0.2, 0.25) is 0 Å². The quantitative estimate of drug-likeness (QED) is 0.299. The predicted molar refractivity (Wildman–Crippen MR) is 103 cm³/mol. The highest BCUT2D eigenvalue weighted by atomic mass is 32.2. The average Bonchev–Trinajstić information content (AvgIpc) is 3.25. The van der Waals surface area contributed by atoms with Crippen molar-refractivity contribution in [2.75, 3.05) is 0 Å². The van der Waals surface area contributed by atoms with E-state index in [2.05, 4.69) is 16.5 Å². The fraction of sp³-hybridized carbons (Fsp3) is 0.125. The van der Waals surface area contributed by atoms with Crippen LogP contribution in [0.5, 0.6) is 0 Å². The van der Waals surface area contributed by atoms with Crippen molar-refractivity contribution >= 4 is 49.6 Å². The van der Waals surface area contributed by atoms with Crippen LogP contribution in [-0.2, 0) is 12.3 Å². The molecule has 0 saturated carbocycles. The Kier molecular flexibility index (Phi) is 4.28. The van der Waals surface area contributed by atoms with Crippen LogP contribution in [0, 0.1) is 0 Å². The SMILES string of the molecule is C=CCn1c(SCc2cc(=O)n3ccsc3n2)nc2sccc2c1=O. The smallest absolute Gasteiger partial charge is 0.263 e. The molecule has 0 radical (unpaired) electrons. The van der Waals surface area contributed by atoms with Crippen LogP contribution in [0.1, 0.15) is 5.69 Å². The van der Waals surface area contributed by atoms with E-state index in [-0.39, 0.29) is 11.1 Å². The highest BCUT2D eigenvalue weighted by Gasteiger charge is 2.13. The second-order valence-corrected chi connectivity index (χ2v) is 7.88. The summed E-state index contributed by atoms with van der Waals surface area (Å²) in [5.41, 5.74) is 0.491. The third-order valence-electron chi connectivity index (χ3n) is 3.57. The van der Waals surface area contributed by atoms with E-state index < -0.39 is 0 Å². The molecule has 4 aromatic rings. The zero-order valence-electron chi connectivity index (χ0n) is 12.9. The Balaban J connectivity index is 1.71. The van der Waals surface area contributed by atoms with Gasteiger partial charge >= 0.3 is 0 Å². The number of hydrogen-bond donors (Lipinski definition) is 0. The van der Waals surface area contributed by atoms with Gasteiger partial charge in [-0.1, -0.05) is 17.8 Å². The third-order valence-corrected chi connectivity index (χ3v) is 6.14. The second kappa shape index (κ2) is 6.58. The molecule has 4 heterocycles. The zero-order chi connectivity index (χ0) is 17.4. The molecular formula is C16H12N4O2S3. The van der Waals surface area contributed by atoms with E-state index >= 15 is 0 Å². The Bertz CT molecular complexity index is 1200. The summed E-state index contributed by atoms with van der Waals surface area (Å²) in [6.07, 6.45) is 3.38. The van der Waals surface area contributed by atoms with Crippen LogP contribution in [0.2, 0.25) is 0 Å². The topological polar surface area (TPSA) is 69.3 Å². The number of nitrogens with zero attached hydrogens (tertiary/aromatic N) is 4. The van der Waals surface area contributed by atoms with Crippen molar-refractivity contribution in [3.8, 4) is 0 Å². The monoisotopic (exact) mass is 388 g/mol. The van der Waals surface area contributed by atoms with Crippen LogP contribution in [0.15, 0.2) is 56.5 Å². The maximum atomic E-state index is 12.6. The minimum Gasteiger partial charge on any atom is -0.283 e. The van der Waals surface area contributed by atoms with E-state index in [9.17, 15) is 9.59 Å². The van der Waals surface area contributed by atoms with E-state index in [1.165, 1.54) is 44.9 Å². The summed E-state index contributed by atoms with van der Waals surface area (Å²) in [6, 6.07) is 3.31. The van der Waals surface area contributed by atoms with Gasteiger partial charge in [0.25, 0.3) is 11.1 Å². The number of rotatable bonds is 5. The molecule has 6 nitrogen and oxygen atoms in total. The fourth-order valence-electron chi connectivity index (χ4n) is 2.43. The van der Waals surface area contributed by atoms with Crippen LogP contribution >= 0.6 is 34.4 Å². The number of aromatic nitrogens is 4. The molecule has 0 saturated heterocycles. The molecule has 4 rings (SSSR count). The van der Waals surface area contributed by atoms with Crippen molar-refractivity contribution in [2.45, 2.75) is 17.5 Å². The van der Waals surface area contributed by atoms with E-state index in [4.69, 9.17) is 0 Å². The molecule has 25 heavy (non-hydrogen) atoms. The van der Waals surface area contributed by atoms with Gasteiger partial charge in [-0.2, -0.15) is 0 Å². The van der Waals surface area contributed by atoms with Gasteiger partial charge in [-0.05, 0) is 11.4 Å². The molecule has 9 heteroatoms. The molecule has 126 valence electrons. The van der Waals surface area contributed by atoms with Gasteiger partial charge in [-0.3, -0.25) is 18.6 Å². The first kappa shape index (κ1) is 16.2. The Morgan fingerprint density at radius 3 is 2.96 bits per heavy atom. The molecule has 0 amide bonds. The lowest BCUT2D eigenvalue weighted by molar-refractivity contribution is 0.672. The first-order chi connectivity index (χ1) is 12.2. The summed E-state index contributed by atoms with van der Waals surface area (Å²) in [5.74, 6) is 0.462. The number of fused-ring (bicyclic) bond motifs is 2. The summed E-state index contributed by atoms with van der Waals surface area (Å²) in [7, 11) is 0. The highest BCUT2D eigenvalue weighted by molar-refractivity contribution is 7.98. The lowest BCUT2D eigenvalue weighted by atomic mass is 10.4. The van der Waals surface area contributed by atoms with Gasteiger partial charge in [0, 0.05) is 29.9 Å². The van der Waals surface area contributed by atoms with E-state index in [1.807, 2.05) is 10.8 Å². The third kappa shape index (κ3) is 2.94. The first-order valence-electron chi connectivity index (χ1n) is 7.35. The van der Waals surface area contributed by atoms with Crippen molar-refractivity contribution in [2.24, 2.45) is 0 Å². The molecular weight excluding hydrogens is 376 g/mol. The molecule has 0 atom stereocenters. The Labute approximate surface area is 154 Å². The standard InChI is InChI=1S/C16H12N4O2S3/c1-2-4-20-14(22)11-3-6-23-13(11)18-16(20)25-9-10-8-12(21)19-5-7-24-15(19)17-10/h2-3,5-8H,1,4,9H2. The van der Waals surface area contributed by atoms with E-state index in [1.54, 1.807) is 22.9 Å². The largest absolute Gasteiger partial charge is 0.283 e. The molecule has 0 aromatic carbocycles.